The maximum absolute atomic E-state index is 11.1. The van der Waals surface area contributed by atoms with Crippen molar-refractivity contribution in [1.29, 1.82) is 0 Å². The Morgan fingerprint density at radius 2 is 1.70 bits per heavy atom. The van der Waals surface area contributed by atoms with E-state index in [0.717, 1.165) is 16.7 Å². The first-order chi connectivity index (χ1) is 14.5. The van der Waals surface area contributed by atoms with E-state index in [0.29, 0.717) is 31.9 Å². The number of hydrogen-bond acceptors (Lipinski definition) is 5. The number of nitrogens with two attached hydrogens (primary N) is 1. The van der Waals surface area contributed by atoms with Crippen molar-refractivity contribution in [3.05, 3.63) is 95.1 Å². The highest BCUT2D eigenvalue weighted by molar-refractivity contribution is 5.95. The Labute approximate surface area is 175 Å². The van der Waals surface area contributed by atoms with Crippen LogP contribution in [0.5, 0.6) is 11.5 Å². The van der Waals surface area contributed by atoms with E-state index < -0.39 is 12.0 Å². The zero-order valence-electron chi connectivity index (χ0n) is 16.6. The van der Waals surface area contributed by atoms with E-state index in [9.17, 15) is 15.0 Å². The molecule has 0 saturated carbocycles. The number of benzene rings is 3. The molecule has 1 atom stereocenters. The number of aromatic hydroxyl groups is 1. The molecule has 1 unspecified atom stereocenters. The molecule has 0 saturated heterocycles. The molecule has 6 nitrogen and oxygen atoms in total. The first kappa shape index (κ1) is 21.4. The van der Waals surface area contributed by atoms with E-state index in [4.69, 9.17) is 10.5 Å². The summed E-state index contributed by atoms with van der Waals surface area (Å²) in [5.74, 6) is -0.415. The summed E-state index contributed by atoms with van der Waals surface area (Å²) >= 11 is 0. The second kappa shape index (κ2) is 10.4. The van der Waals surface area contributed by atoms with Crippen LogP contribution in [0.2, 0.25) is 0 Å². The monoisotopic (exact) mass is 406 g/mol. The fourth-order valence-corrected chi connectivity index (χ4v) is 3.20. The number of aliphatic hydroxyl groups excluding tert-OH is 1. The summed E-state index contributed by atoms with van der Waals surface area (Å²) in [4.78, 5) is 11.1. The van der Waals surface area contributed by atoms with Crippen LogP contribution in [-0.4, -0.2) is 29.3 Å². The highest BCUT2D eigenvalue weighted by Gasteiger charge is 2.11. The molecule has 6 heteroatoms. The Hall–Kier alpha value is -3.35. The zero-order chi connectivity index (χ0) is 21.3. The summed E-state index contributed by atoms with van der Waals surface area (Å²) in [6.45, 7) is 1.63. The number of aliphatic hydroxyl groups is 1. The average Bonchev–Trinajstić information content (AvgIpc) is 2.75. The summed E-state index contributed by atoms with van der Waals surface area (Å²) < 4.78 is 5.60. The Morgan fingerprint density at radius 1 is 1.00 bits per heavy atom. The smallest absolute Gasteiger partial charge is 0.252 e. The molecule has 0 radical (unpaired) electrons. The molecule has 0 heterocycles. The van der Waals surface area contributed by atoms with Gasteiger partial charge in [-0.2, -0.15) is 0 Å². The second-order valence-corrected chi connectivity index (χ2v) is 6.97. The van der Waals surface area contributed by atoms with Crippen LogP contribution in [0.3, 0.4) is 0 Å². The van der Waals surface area contributed by atoms with Crippen LogP contribution in [0.1, 0.15) is 33.2 Å². The van der Waals surface area contributed by atoms with E-state index >= 15 is 0 Å². The van der Waals surface area contributed by atoms with Gasteiger partial charge < -0.3 is 26.0 Å². The molecule has 1 amide bonds. The Morgan fingerprint density at radius 3 is 2.40 bits per heavy atom. The predicted octanol–water partition coefficient (Wildman–Crippen LogP) is 2.94. The lowest BCUT2D eigenvalue weighted by Gasteiger charge is -2.15. The van der Waals surface area contributed by atoms with E-state index in [1.165, 1.54) is 12.1 Å². The van der Waals surface area contributed by atoms with Gasteiger partial charge in [-0.05, 0) is 28.8 Å². The third-order valence-corrected chi connectivity index (χ3v) is 4.81. The molecule has 30 heavy (non-hydrogen) atoms. The van der Waals surface area contributed by atoms with Gasteiger partial charge in [0, 0.05) is 25.6 Å². The lowest BCUT2D eigenvalue weighted by Crippen LogP contribution is -2.21. The van der Waals surface area contributed by atoms with Gasteiger partial charge in [-0.3, -0.25) is 4.79 Å². The molecule has 0 aliphatic heterocycles. The van der Waals surface area contributed by atoms with Crippen LogP contribution in [0.4, 0.5) is 0 Å². The molecular weight excluding hydrogens is 380 g/mol. The molecule has 3 aromatic rings. The number of phenols is 1. The van der Waals surface area contributed by atoms with Gasteiger partial charge in [0.15, 0.2) is 0 Å². The molecule has 156 valence electrons. The van der Waals surface area contributed by atoms with Gasteiger partial charge in [0.05, 0.1) is 11.7 Å². The Kier molecular flexibility index (Phi) is 7.43. The van der Waals surface area contributed by atoms with Gasteiger partial charge in [-0.1, -0.05) is 54.6 Å². The summed E-state index contributed by atoms with van der Waals surface area (Å²) in [6, 6.07) is 22.1. The highest BCUT2D eigenvalue weighted by Crippen LogP contribution is 2.23. The molecular formula is C24H26N2O4. The van der Waals surface area contributed by atoms with Crippen LogP contribution in [0.15, 0.2) is 72.8 Å². The van der Waals surface area contributed by atoms with Crippen molar-refractivity contribution in [2.75, 3.05) is 13.2 Å². The van der Waals surface area contributed by atoms with Gasteiger partial charge in [-0.15, -0.1) is 0 Å². The minimum absolute atomic E-state index is 0.0646. The lowest BCUT2D eigenvalue weighted by molar-refractivity contribution is 0.0997. The van der Waals surface area contributed by atoms with Crippen molar-refractivity contribution in [2.24, 2.45) is 5.73 Å². The first-order valence-electron chi connectivity index (χ1n) is 9.80. The number of primary amides is 1. The van der Waals surface area contributed by atoms with Gasteiger partial charge in [-0.25, -0.2) is 0 Å². The minimum Gasteiger partial charge on any atom is -0.507 e. The van der Waals surface area contributed by atoms with Crippen LogP contribution < -0.4 is 15.8 Å². The number of ether oxygens (including phenoxy) is 1. The fourth-order valence-electron chi connectivity index (χ4n) is 3.20. The molecule has 0 fully saturated rings. The number of carbonyl (C=O) groups excluding carboxylic acids is 1. The van der Waals surface area contributed by atoms with Crippen molar-refractivity contribution >= 4 is 5.91 Å². The van der Waals surface area contributed by atoms with Gasteiger partial charge in [0.2, 0.25) is 0 Å². The Balaban J connectivity index is 1.48. The molecule has 0 aliphatic carbocycles. The Bertz CT molecular complexity index is 976. The van der Waals surface area contributed by atoms with E-state index in [1.54, 1.807) is 6.07 Å². The minimum atomic E-state index is -0.684. The predicted molar refractivity (Wildman–Crippen MR) is 115 cm³/mol. The molecule has 0 aliphatic rings. The summed E-state index contributed by atoms with van der Waals surface area (Å²) in [5.41, 5.74) is 8.35. The average molecular weight is 406 g/mol. The summed E-state index contributed by atoms with van der Waals surface area (Å²) in [6.07, 6.45) is -0.00383. The molecule has 3 rings (SSSR count). The van der Waals surface area contributed by atoms with Crippen LogP contribution in [0.25, 0.3) is 0 Å². The van der Waals surface area contributed by atoms with Crippen molar-refractivity contribution in [3.63, 3.8) is 0 Å². The third kappa shape index (κ3) is 5.83. The van der Waals surface area contributed by atoms with Crippen LogP contribution in [-0.2, 0) is 13.0 Å². The number of carbonyl (C=O) groups is 1. The maximum atomic E-state index is 11.1. The quantitative estimate of drug-likeness (QED) is 0.388. The molecule has 0 bridgehead atoms. The number of rotatable bonds is 10. The molecule has 0 spiro atoms. The van der Waals surface area contributed by atoms with E-state index in [-0.39, 0.29) is 11.3 Å². The van der Waals surface area contributed by atoms with Gasteiger partial charge in [0.1, 0.15) is 18.1 Å². The zero-order valence-corrected chi connectivity index (χ0v) is 16.6. The van der Waals surface area contributed by atoms with Gasteiger partial charge in [0.25, 0.3) is 5.91 Å². The molecule has 0 aromatic heterocycles. The largest absolute Gasteiger partial charge is 0.507 e. The van der Waals surface area contributed by atoms with Gasteiger partial charge >= 0.3 is 0 Å². The van der Waals surface area contributed by atoms with Crippen LogP contribution >= 0.6 is 0 Å². The van der Waals surface area contributed by atoms with Crippen molar-refractivity contribution < 1.29 is 19.7 Å². The maximum Gasteiger partial charge on any atom is 0.252 e. The molecule has 3 aromatic carbocycles. The van der Waals surface area contributed by atoms with Crippen molar-refractivity contribution in [3.8, 4) is 11.5 Å². The van der Waals surface area contributed by atoms with E-state index in [1.807, 2.05) is 54.6 Å². The normalized spacial score (nSPS) is 11.8. The topological polar surface area (TPSA) is 105 Å². The number of nitrogens with one attached hydrogen (secondary N) is 1. The SMILES string of the molecule is NC(=O)c1ccc(OCCNCc2ccccc2CC(O)c2ccccc2)cc1O. The van der Waals surface area contributed by atoms with Crippen LogP contribution in [0, 0.1) is 0 Å². The number of hydrogen-bond donors (Lipinski definition) is 4. The number of amides is 1. The summed E-state index contributed by atoms with van der Waals surface area (Å²) in [5, 5.41) is 23.6. The van der Waals surface area contributed by atoms with Crippen molar-refractivity contribution in [1.82, 2.24) is 5.32 Å². The highest BCUT2D eigenvalue weighted by atomic mass is 16.5. The summed E-state index contributed by atoms with van der Waals surface area (Å²) in [7, 11) is 0. The standard InChI is InChI=1S/C24H26N2O4/c25-24(29)21-11-10-20(15-23(21)28)30-13-12-26-16-19-9-5-4-8-18(19)14-22(27)17-6-2-1-3-7-17/h1-11,15,22,26-28H,12-14,16H2,(H2,25,29). The lowest BCUT2D eigenvalue weighted by atomic mass is 9.97. The van der Waals surface area contributed by atoms with Crippen molar-refractivity contribution in [2.45, 2.75) is 19.1 Å². The van der Waals surface area contributed by atoms with E-state index in [2.05, 4.69) is 5.32 Å². The second-order valence-electron chi connectivity index (χ2n) is 6.97. The fraction of sp³-hybridized carbons (Fsp3) is 0.208. The first-order valence-corrected chi connectivity index (χ1v) is 9.80. The molecule has 5 N–H and O–H groups in total. The third-order valence-electron chi connectivity index (χ3n) is 4.81.